The summed E-state index contributed by atoms with van der Waals surface area (Å²) in [7, 11) is 1.67. The molecule has 1 fully saturated rings. The van der Waals surface area contributed by atoms with E-state index in [9.17, 15) is 13.2 Å². The van der Waals surface area contributed by atoms with Crippen molar-refractivity contribution in [1.29, 1.82) is 0 Å². The number of aliphatic imine (C=N–C) groups is 1. The molecule has 0 bridgehead atoms. The maximum atomic E-state index is 12.7. The number of guanidine groups is 1. The molecular formula is C22H36F3IN4O. The number of rotatable bonds is 9. The number of benzene rings is 1. The van der Waals surface area contributed by atoms with Gasteiger partial charge in [0, 0.05) is 32.7 Å². The first-order valence-corrected chi connectivity index (χ1v) is 10.7. The Morgan fingerprint density at radius 2 is 2.06 bits per heavy atom. The van der Waals surface area contributed by atoms with Crippen molar-refractivity contribution in [3.8, 4) is 5.75 Å². The van der Waals surface area contributed by atoms with E-state index in [1.807, 2.05) is 19.9 Å². The molecule has 1 aliphatic rings. The lowest BCUT2D eigenvalue weighted by molar-refractivity contribution is -0.146. The second-order valence-corrected chi connectivity index (χ2v) is 7.83. The van der Waals surface area contributed by atoms with E-state index in [0.717, 1.165) is 49.7 Å². The van der Waals surface area contributed by atoms with Crippen LogP contribution in [-0.4, -0.2) is 74.9 Å². The fourth-order valence-corrected chi connectivity index (χ4v) is 3.83. The summed E-state index contributed by atoms with van der Waals surface area (Å²) in [4.78, 5) is 8.42. The Balaban J connectivity index is 0.00000480. The molecule has 0 aromatic heterocycles. The third-order valence-corrected chi connectivity index (χ3v) is 5.42. The maximum Gasteiger partial charge on any atom is 0.401 e. The molecule has 0 spiro atoms. The molecule has 0 radical (unpaired) electrons. The molecular weight excluding hydrogens is 520 g/mol. The molecule has 0 amide bonds. The van der Waals surface area contributed by atoms with Gasteiger partial charge in [0.05, 0.1) is 13.7 Å². The van der Waals surface area contributed by atoms with Crippen molar-refractivity contribution < 1.29 is 17.9 Å². The third-order valence-electron chi connectivity index (χ3n) is 5.42. The summed E-state index contributed by atoms with van der Waals surface area (Å²) in [5.74, 6) is 1.94. The number of hydrogen-bond acceptors (Lipinski definition) is 3. The Labute approximate surface area is 201 Å². The monoisotopic (exact) mass is 556 g/mol. The molecule has 0 aliphatic carbocycles. The molecule has 5 nitrogen and oxygen atoms in total. The predicted molar refractivity (Wildman–Crippen MR) is 131 cm³/mol. The van der Waals surface area contributed by atoms with Crippen LogP contribution >= 0.6 is 24.0 Å². The van der Waals surface area contributed by atoms with Gasteiger partial charge in [-0.2, -0.15) is 13.2 Å². The summed E-state index contributed by atoms with van der Waals surface area (Å²) in [6.07, 6.45) is -2.46. The first-order valence-electron chi connectivity index (χ1n) is 10.7. The molecule has 2 rings (SSSR count). The number of aryl methyl sites for hydroxylation is 1. The minimum Gasteiger partial charge on any atom is -0.496 e. The van der Waals surface area contributed by atoms with Crippen molar-refractivity contribution >= 4 is 29.9 Å². The molecule has 1 atom stereocenters. The van der Waals surface area contributed by atoms with E-state index in [0.29, 0.717) is 19.6 Å². The fourth-order valence-electron chi connectivity index (χ4n) is 3.83. The summed E-state index contributed by atoms with van der Waals surface area (Å²) in [5.41, 5.74) is 2.27. The number of methoxy groups -OCH3 is 1. The van der Waals surface area contributed by atoms with Gasteiger partial charge in [-0.25, -0.2) is 0 Å². The minimum absolute atomic E-state index is 0. The van der Waals surface area contributed by atoms with E-state index >= 15 is 0 Å². The predicted octanol–water partition coefficient (Wildman–Crippen LogP) is 4.34. The smallest absolute Gasteiger partial charge is 0.401 e. The Morgan fingerprint density at radius 1 is 1.32 bits per heavy atom. The quantitative estimate of drug-likeness (QED) is 0.279. The molecule has 9 heteroatoms. The number of nitrogens with zero attached hydrogens (tertiary/aromatic N) is 3. The van der Waals surface area contributed by atoms with E-state index < -0.39 is 12.7 Å². The molecule has 178 valence electrons. The van der Waals surface area contributed by atoms with Gasteiger partial charge < -0.3 is 15.0 Å². The molecule has 31 heavy (non-hydrogen) atoms. The largest absolute Gasteiger partial charge is 0.496 e. The van der Waals surface area contributed by atoms with Crippen molar-refractivity contribution in [3.63, 3.8) is 0 Å². The third kappa shape index (κ3) is 9.43. The summed E-state index contributed by atoms with van der Waals surface area (Å²) < 4.78 is 43.6. The molecule has 1 N–H and O–H groups in total. The minimum atomic E-state index is -4.15. The van der Waals surface area contributed by atoms with Crippen LogP contribution in [0.5, 0.6) is 5.75 Å². The second-order valence-electron chi connectivity index (χ2n) is 7.83. The van der Waals surface area contributed by atoms with Crippen molar-refractivity contribution in [2.75, 3.05) is 52.9 Å². The zero-order valence-electron chi connectivity index (χ0n) is 19.0. The highest BCUT2D eigenvalue weighted by Gasteiger charge is 2.33. The number of ether oxygens (including phenoxy) is 1. The number of halogens is 4. The SMILES string of the molecule is CCNC(=NCCc1ccc(C)c(OC)c1)N1CCC(CN(CC)CC(F)(F)F)C1.I. The van der Waals surface area contributed by atoms with Gasteiger partial charge in [-0.1, -0.05) is 19.1 Å². The lowest BCUT2D eigenvalue weighted by Gasteiger charge is -2.26. The molecule has 1 aliphatic heterocycles. The van der Waals surface area contributed by atoms with Crippen LogP contribution < -0.4 is 10.1 Å². The van der Waals surface area contributed by atoms with Gasteiger partial charge in [0.2, 0.25) is 0 Å². The zero-order chi connectivity index (χ0) is 22.1. The molecule has 1 saturated heterocycles. The number of likely N-dealkylation sites (tertiary alicyclic amines) is 1. The normalized spacial score (nSPS) is 17.1. The summed E-state index contributed by atoms with van der Waals surface area (Å²) >= 11 is 0. The first kappa shape index (κ1) is 27.8. The van der Waals surface area contributed by atoms with E-state index in [2.05, 4.69) is 22.3 Å². The zero-order valence-corrected chi connectivity index (χ0v) is 21.3. The van der Waals surface area contributed by atoms with Crippen LogP contribution in [0.2, 0.25) is 0 Å². The number of alkyl halides is 3. The molecule has 1 aromatic carbocycles. The number of hydrogen-bond donors (Lipinski definition) is 1. The van der Waals surface area contributed by atoms with Gasteiger partial charge >= 0.3 is 6.18 Å². The molecule has 1 unspecified atom stereocenters. The van der Waals surface area contributed by atoms with Crippen LogP contribution in [0.1, 0.15) is 31.4 Å². The lowest BCUT2D eigenvalue weighted by Crippen LogP contribution is -2.42. The summed E-state index contributed by atoms with van der Waals surface area (Å²) in [6, 6.07) is 6.18. The van der Waals surface area contributed by atoms with E-state index in [1.165, 1.54) is 10.5 Å². The van der Waals surface area contributed by atoms with Crippen LogP contribution in [0.3, 0.4) is 0 Å². The van der Waals surface area contributed by atoms with Gasteiger partial charge in [0.25, 0.3) is 0 Å². The standard InChI is InChI=1S/C22H35F3N4O.HI/c1-5-26-21(27-11-9-18-8-7-17(3)20(13-18)30-4)29-12-10-19(15-29)14-28(6-2)16-22(23,24)25;/h7-8,13,19H,5-6,9-12,14-16H2,1-4H3,(H,26,27);1H. The highest BCUT2D eigenvalue weighted by atomic mass is 127. The lowest BCUT2D eigenvalue weighted by atomic mass is 10.1. The molecule has 0 saturated carbocycles. The van der Waals surface area contributed by atoms with Crippen LogP contribution in [0, 0.1) is 12.8 Å². The van der Waals surface area contributed by atoms with E-state index in [1.54, 1.807) is 14.0 Å². The maximum absolute atomic E-state index is 12.7. The number of nitrogens with one attached hydrogen (secondary N) is 1. The van der Waals surface area contributed by atoms with Gasteiger partial charge in [-0.3, -0.25) is 9.89 Å². The highest BCUT2D eigenvalue weighted by molar-refractivity contribution is 14.0. The summed E-state index contributed by atoms with van der Waals surface area (Å²) in [6.45, 7) is 8.81. The van der Waals surface area contributed by atoms with Crippen molar-refractivity contribution in [2.45, 2.75) is 39.8 Å². The van der Waals surface area contributed by atoms with Crippen molar-refractivity contribution in [3.05, 3.63) is 29.3 Å². The van der Waals surface area contributed by atoms with Gasteiger partial charge in [-0.15, -0.1) is 24.0 Å². The van der Waals surface area contributed by atoms with Gasteiger partial charge in [0.1, 0.15) is 5.75 Å². The first-order chi connectivity index (χ1) is 14.3. The van der Waals surface area contributed by atoms with Gasteiger partial charge in [-0.05, 0) is 56.3 Å². The Kier molecular flexibility index (Phi) is 12.0. The average molecular weight is 556 g/mol. The van der Waals surface area contributed by atoms with Crippen LogP contribution in [-0.2, 0) is 6.42 Å². The van der Waals surface area contributed by atoms with Crippen molar-refractivity contribution in [2.24, 2.45) is 10.9 Å². The van der Waals surface area contributed by atoms with Crippen LogP contribution in [0.15, 0.2) is 23.2 Å². The average Bonchev–Trinajstić information content (AvgIpc) is 3.15. The van der Waals surface area contributed by atoms with Crippen LogP contribution in [0.25, 0.3) is 0 Å². The second kappa shape index (κ2) is 13.3. The molecule has 1 heterocycles. The Hall–Kier alpha value is -1.23. The Bertz CT molecular complexity index is 700. The topological polar surface area (TPSA) is 40.1 Å². The van der Waals surface area contributed by atoms with E-state index in [-0.39, 0.29) is 29.9 Å². The van der Waals surface area contributed by atoms with Crippen LogP contribution in [0.4, 0.5) is 13.2 Å². The van der Waals surface area contributed by atoms with Crippen molar-refractivity contribution in [1.82, 2.24) is 15.1 Å². The highest BCUT2D eigenvalue weighted by Crippen LogP contribution is 2.22. The van der Waals surface area contributed by atoms with Gasteiger partial charge in [0.15, 0.2) is 5.96 Å². The fraction of sp³-hybridized carbons (Fsp3) is 0.682. The van der Waals surface area contributed by atoms with E-state index in [4.69, 9.17) is 9.73 Å². The summed E-state index contributed by atoms with van der Waals surface area (Å²) in [5, 5.41) is 3.33. The Morgan fingerprint density at radius 3 is 2.68 bits per heavy atom. The molecule has 1 aromatic rings.